The number of aromatic nitrogens is 3. The van der Waals surface area contributed by atoms with Gasteiger partial charge in [0.15, 0.2) is 0 Å². The van der Waals surface area contributed by atoms with Crippen molar-refractivity contribution < 1.29 is 4.79 Å². The summed E-state index contributed by atoms with van der Waals surface area (Å²) in [6.45, 7) is 2.38. The molecule has 0 aliphatic heterocycles. The number of aromatic amines is 2. The van der Waals surface area contributed by atoms with Crippen molar-refractivity contribution in [3.63, 3.8) is 0 Å². The number of nitrogens with one attached hydrogen (secondary N) is 3. The predicted molar refractivity (Wildman–Crippen MR) is 112 cm³/mol. The van der Waals surface area contributed by atoms with Crippen LogP contribution in [0, 0.1) is 6.92 Å². The summed E-state index contributed by atoms with van der Waals surface area (Å²) >= 11 is 0. The van der Waals surface area contributed by atoms with Gasteiger partial charge in [-0.2, -0.15) is 0 Å². The minimum atomic E-state index is -0.251. The van der Waals surface area contributed by atoms with E-state index in [9.17, 15) is 14.4 Å². The number of carbonyl (C=O) groups is 1. The Morgan fingerprint density at radius 3 is 2.86 bits per heavy atom. The molecule has 1 atom stereocenters. The SMILES string of the molecule is Cc1c(CCC(=O)NC[C@H]2CCCc3ccccc32)c(=O)[nH]c2c1c(=O)[nH]n2C. The van der Waals surface area contributed by atoms with Crippen LogP contribution in [0.15, 0.2) is 33.9 Å². The minimum absolute atomic E-state index is 0.0751. The number of carbonyl (C=O) groups excluding carboxylic acids is 1. The van der Waals surface area contributed by atoms with Crippen LogP contribution < -0.4 is 16.4 Å². The Morgan fingerprint density at radius 2 is 2.03 bits per heavy atom. The van der Waals surface area contributed by atoms with Gasteiger partial charge in [0.25, 0.3) is 11.1 Å². The van der Waals surface area contributed by atoms with Crippen LogP contribution in [0.4, 0.5) is 0 Å². The number of fused-ring (bicyclic) bond motifs is 2. The highest BCUT2D eigenvalue weighted by atomic mass is 16.2. The highest BCUT2D eigenvalue weighted by Gasteiger charge is 2.20. The van der Waals surface area contributed by atoms with Crippen molar-refractivity contribution in [2.75, 3.05) is 6.54 Å². The van der Waals surface area contributed by atoms with Gasteiger partial charge >= 0.3 is 0 Å². The summed E-state index contributed by atoms with van der Waals surface area (Å²) in [5.74, 6) is 0.266. The zero-order valence-corrected chi connectivity index (χ0v) is 16.8. The average Bonchev–Trinajstić information content (AvgIpc) is 2.99. The zero-order valence-electron chi connectivity index (χ0n) is 16.8. The molecule has 1 amide bonds. The second-order valence-electron chi connectivity index (χ2n) is 7.87. The fourth-order valence-electron chi connectivity index (χ4n) is 4.47. The smallest absolute Gasteiger partial charge is 0.273 e. The Balaban J connectivity index is 1.43. The summed E-state index contributed by atoms with van der Waals surface area (Å²) in [7, 11) is 1.68. The van der Waals surface area contributed by atoms with E-state index in [-0.39, 0.29) is 23.4 Å². The Bertz CT molecular complexity index is 1180. The summed E-state index contributed by atoms with van der Waals surface area (Å²) in [4.78, 5) is 39.8. The van der Waals surface area contributed by atoms with E-state index >= 15 is 0 Å². The third-order valence-corrected chi connectivity index (χ3v) is 6.04. The van der Waals surface area contributed by atoms with Crippen LogP contribution in [0.25, 0.3) is 11.0 Å². The van der Waals surface area contributed by atoms with E-state index in [2.05, 4.69) is 39.7 Å². The monoisotopic (exact) mass is 394 g/mol. The van der Waals surface area contributed by atoms with Crippen molar-refractivity contribution in [1.29, 1.82) is 0 Å². The van der Waals surface area contributed by atoms with Gasteiger partial charge in [-0.3, -0.25) is 24.2 Å². The van der Waals surface area contributed by atoms with E-state index in [0.29, 0.717) is 41.0 Å². The van der Waals surface area contributed by atoms with Gasteiger partial charge in [-0.1, -0.05) is 24.3 Å². The number of amides is 1. The normalized spacial score (nSPS) is 16.0. The van der Waals surface area contributed by atoms with Crippen molar-refractivity contribution >= 4 is 16.9 Å². The number of H-pyrrole nitrogens is 2. The van der Waals surface area contributed by atoms with E-state index < -0.39 is 0 Å². The molecule has 4 rings (SSSR count). The van der Waals surface area contributed by atoms with Gasteiger partial charge in [-0.05, 0) is 49.3 Å². The molecule has 29 heavy (non-hydrogen) atoms. The first-order valence-corrected chi connectivity index (χ1v) is 10.1. The first-order chi connectivity index (χ1) is 14.0. The molecule has 1 aromatic carbocycles. The highest BCUT2D eigenvalue weighted by Crippen LogP contribution is 2.30. The van der Waals surface area contributed by atoms with Crippen LogP contribution in [-0.2, 0) is 24.7 Å². The number of hydrogen-bond donors (Lipinski definition) is 3. The quantitative estimate of drug-likeness (QED) is 0.617. The van der Waals surface area contributed by atoms with Crippen molar-refractivity contribution in [3.05, 3.63) is 67.2 Å². The number of aryl methyl sites for hydroxylation is 3. The van der Waals surface area contributed by atoms with Gasteiger partial charge in [-0.25, -0.2) is 0 Å². The zero-order chi connectivity index (χ0) is 20.5. The van der Waals surface area contributed by atoms with Crippen LogP contribution >= 0.6 is 0 Å². The average molecular weight is 394 g/mol. The van der Waals surface area contributed by atoms with Crippen molar-refractivity contribution in [2.45, 2.75) is 44.9 Å². The molecule has 0 radical (unpaired) electrons. The molecule has 2 heterocycles. The lowest BCUT2D eigenvalue weighted by Crippen LogP contribution is -2.30. The molecule has 152 valence electrons. The molecule has 3 aromatic rings. The van der Waals surface area contributed by atoms with Crippen LogP contribution in [0.1, 0.15) is 47.4 Å². The van der Waals surface area contributed by atoms with Crippen LogP contribution in [-0.4, -0.2) is 27.2 Å². The number of pyridine rings is 1. The van der Waals surface area contributed by atoms with Gasteiger partial charge in [0.2, 0.25) is 5.91 Å². The van der Waals surface area contributed by atoms with Crippen molar-refractivity contribution in [2.24, 2.45) is 7.05 Å². The standard InChI is InChI=1S/C22H26N4O3/c1-13-16(21(28)24-20-19(13)22(29)25-26(20)2)10-11-18(27)23-12-15-8-5-7-14-6-3-4-9-17(14)15/h3-4,6,9,15H,5,7-8,10-12H2,1-2H3,(H,23,27)(H,24,28)(H,25,29)/t15-/m1/s1. The Labute approximate surface area is 168 Å². The number of rotatable bonds is 5. The third kappa shape index (κ3) is 3.64. The molecule has 2 aromatic heterocycles. The fourth-order valence-corrected chi connectivity index (χ4v) is 4.47. The topological polar surface area (TPSA) is 99.8 Å². The molecule has 0 saturated heterocycles. The maximum absolute atomic E-state index is 12.5. The Morgan fingerprint density at radius 1 is 1.24 bits per heavy atom. The molecule has 0 bridgehead atoms. The molecule has 0 fully saturated rings. The molecule has 7 heteroatoms. The van der Waals surface area contributed by atoms with E-state index in [4.69, 9.17) is 0 Å². The molecule has 3 N–H and O–H groups in total. The molecule has 7 nitrogen and oxygen atoms in total. The molecular formula is C22H26N4O3. The summed E-state index contributed by atoms with van der Waals surface area (Å²) in [5.41, 5.74) is 3.83. The van der Waals surface area contributed by atoms with Crippen LogP contribution in [0.2, 0.25) is 0 Å². The summed E-state index contributed by atoms with van der Waals surface area (Å²) in [6.07, 6.45) is 3.83. The first kappa shape index (κ1) is 19.2. The third-order valence-electron chi connectivity index (χ3n) is 6.04. The second kappa shape index (κ2) is 7.73. The predicted octanol–water partition coefficient (Wildman–Crippen LogP) is 2.03. The van der Waals surface area contributed by atoms with Crippen molar-refractivity contribution in [3.8, 4) is 0 Å². The molecule has 1 aliphatic rings. The molecule has 0 unspecified atom stereocenters. The number of benzene rings is 1. The first-order valence-electron chi connectivity index (χ1n) is 10.1. The lowest BCUT2D eigenvalue weighted by atomic mass is 9.83. The largest absolute Gasteiger partial charge is 0.355 e. The van der Waals surface area contributed by atoms with Gasteiger partial charge < -0.3 is 10.3 Å². The van der Waals surface area contributed by atoms with E-state index in [1.165, 1.54) is 15.8 Å². The van der Waals surface area contributed by atoms with E-state index in [0.717, 1.165) is 19.3 Å². The van der Waals surface area contributed by atoms with Gasteiger partial charge in [-0.15, -0.1) is 0 Å². The van der Waals surface area contributed by atoms with E-state index in [1.807, 2.05) is 0 Å². The molecule has 0 saturated carbocycles. The lowest BCUT2D eigenvalue weighted by molar-refractivity contribution is -0.121. The van der Waals surface area contributed by atoms with Gasteiger partial charge in [0.05, 0.1) is 5.39 Å². The summed E-state index contributed by atoms with van der Waals surface area (Å²) in [5, 5.41) is 6.16. The lowest BCUT2D eigenvalue weighted by Gasteiger charge is -2.25. The maximum atomic E-state index is 12.5. The van der Waals surface area contributed by atoms with Gasteiger partial charge in [0, 0.05) is 31.5 Å². The number of nitrogens with zero attached hydrogens (tertiary/aromatic N) is 1. The number of hydrogen-bond acceptors (Lipinski definition) is 3. The van der Waals surface area contributed by atoms with Crippen LogP contribution in [0.5, 0.6) is 0 Å². The Kier molecular flexibility index (Phi) is 5.13. The molecule has 0 spiro atoms. The Hall–Kier alpha value is -3.09. The molecule has 1 aliphatic carbocycles. The maximum Gasteiger partial charge on any atom is 0.273 e. The summed E-state index contributed by atoms with van der Waals surface area (Å²) in [6, 6.07) is 8.43. The minimum Gasteiger partial charge on any atom is -0.355 e. The fraction of sp³-hybridized carbons (Fsp3) is 0.409. The molecular weight excluding hydrogens is 368 g/mol. The highest BCUT2D eigenvalue weighted by molar-refractivity contribution is 5.80. The summed E-state index contributed by atoms with van der Waals surface area (Å²) < 4.78 is 1.50. The van der Waals surface area contributed by atoms with Gasteiger partial charge in [0.1, 0.15) is 5.65 Å². The van der Waals surface area contributed by atoms with Crippen molar-refractivity contribution in [1.82, 2.24) is 20.1 Å². The van der Waals surface area contributed by atoms with Crippen LogP contribution in [0.3, 0.4) is 0 Å². The second-order valence-corrected chi connectivity index (χ2v) is 7.87. The van der Waals surface area contributed by atoms with E-state index in [1.54, 1.807) is 14.0 Å².